The Morgan fingerprint density at radius 2 is 1.06 bits per heavy atom. The van der Waals surface area contributed by atoms with Gasteiger partial charge in [-0.05, 0) is 83.5 Å². The second-order valence-corrected chi connectivity index (χ2v) is 14.3. The van der Waals surface area contributed by atoms with Crippen LogP contribution in [0.1, 0.15) is 162 Å². The van der Waals surface area contributed by atoms with Crippen molar-refractivity contribution in [2.75, 3.05) is 13.2 Å². The zero-order valence-corrected chi connectivity index (χ0v) is 32.7. The van der Waals surface area contributed by atoms with Crippen LogP contribution in [0.15, 0.2) is 60.8 Å². The lowest BCUT2D eigenvalue weighted by atomic mass is 10.1. The second-order valence-electron chi connectivity index (χ2n) is 13.0. The van der Waals surface area contributed by atoms with Gasteiger partial charge < -0.3 is 24.4 Å². The molecule has 0 spiro atoms. The number of hydrogen-bond acceptors (Lipinski definition) is 7. The molecule has 0 amide bonds. The summed E-state index contributed by atoms with van der Waals surface area (Å²) < 4.78 is 26.3. The predicted octanol–water partition coefficient (Wildman–Crippen LogP) is 10.7. The molecule has 0 aliphatic carbocycles. The van der Waals surface area contributed by atoms with Gasteiger partial charge in [0.15, 0.2) is 6.10 Å². The molecule has 0 aromatic carbocycles. The van der Waals surface area contributed by atoms with Crippen LogP contribution in [-0.2, 0) is 28.2 Å². The van der Waals surface area contributed by atoms with Crippen molar-refractivity contribution in [3.05, 3.63) is 60.8 Å². The number of phosphoric ester groups is 1. The molecule has 0 fully saturated rings. The van der Waals surface area contributed by atoms with E-state index < -0.39 is 32.5 Å². The molecule has 294 valence electrons. The van der Waals surface area contributed by atoms with Gasteiger partial charge in [-0.1, -0.05) is 126 Å². The van der Waals surface area contributed by atoms with Gasteiger partial charge in [-0.25, -0.2) is 4.57 Å². The average Bonchev–Trinajstić information content (AvgIpc) is 3.10. The lowest BCUT2D eigenvalue weighted by Crippen LogP contribution is -2.29. The van der Waals surface area contributed by atoms with E-state index in [1.807, 2.05) is 19.1 Å². The van der Waals surface area contributed by atoms with Gasteiger partial charge in [-0.2, -0.15) is 0 Å². The van der Waals surface area contributed by atoms with E-state index in [4.69, 9.17) is 19.3 Å². The first kappa shape index (κ1) is 48.7. The molecule has 0 saturated carbocycles. The lowest BCUT2D eigenvalue weighted by Gasteiger charge is -2.18. The quantitative estimate of drug-likeness (QED) is 0.0251. The summed E-state index contributed by atoms with van der Waals surface area (Å²) in [6.45, 7) is 3.33. The van der Waals surface area contributed by atoms with Crippen molar-refractivity contribution in [1.29, 1.82) is 0 Å². The molecule has 0 bridgehead atoms. The van der Waals surface area contributed by atoms with Crippen LogP contribution in [-0.4, -0.2) is 52.3 Å². The van der Waals surface area contributed by atoms with Crippen LogP contribution in [0.25, 0.3) is 0 Å². The molecule has 0 rings (SSSR count). The molecule has 0 saturated heterocycles. The number of aliphatic hydroxyl groups excluding tert-OH is 1. The van der Waals surface area contributed by atoms with Gasteiger partial charge in [0, 0.05) is 12.8 Å². The van der Waals surface area contributed by atoms with Crippen molar-refractivity contribution in [3.63, 3.8) is 0 Å². The van der Waals surface area contributed by atoms with E-state index in [1.165, 1.54) is 51.4 Å². The number of hydrogen-bond donors (Lipinski definition) is 3. The maximum Gasteiger partial charge on any atom is 0.469 e. The van der Waals surface area contributed by atoms with Crippen LogP contribution in [0, 0.1) is 0 Å². The first-order chi connectivity index (χ1) is 24.7. The third kappa shape index (κ3) is 38.8. The van der Waals surface area contributed by atoms with Crippen LogP contribution in [0.2, 0.25) is 0 Å². The Hall–Kier alpha value is -2.29. The Morgan fingerprint density at radius 3 is 1.63 bits per heavy atom. The summed E-state index contributed by atoms with van der Waals surface area (Å²) in [7, 11) is -4.78. The highest BCUT2D eigenvalue weighted by Crippen LogP contribution is 2.36. The maximum absolute atomic E-state index is 12.4. The number of carbonyl (C=O) groups excluding carboxylic acids is 2. The van der Waals surface area contributed by atoms with E-state index in [9.17, 15) is 19.3 Å². The van der Waals surface area contributed by atoms with Crippen LogP contribution >= 0.6 is 7.82 Å². The molecule has 51 heavy (non-hydrogen) atoms. The number of ether oxygens (including phenoxy) is 2. The zero-order valence-electron chi connectivity index (χ0n) is 31.8. The van der Waals surface area contributed by atoms with Crippen LogP contribution in [0.4, 0.5) is 0 Å². The fourth-order valence-electron chi connectivity index (χ4n) is 5.05. The van der Waals surface area contributed by atoms with Gasteiger partial charge >= 0.3 is 19.8 Å². The molecule has 10 heteroatoms. The van der Waals surface area contributed by atoms with Crippen molar-refractivity contribution in [1.82, 2.24) is 0 Å². The third-order valence-corrected chi connectivity index (χ3v) is 8.66. The number of carbonyl (C=O) groups is 2. The molecule has 9 nitrogen and oxygen atoms in total. The molecule has 0 unspecified atom stereocenters. The standard InChI is InChI=1S/C41H71O9P/c1-3-5-6-7-8-9-10-11-12-16-19-22-25-28-31-34-40(43)48-36-39(37-49-51(45,46)47)50-41(44)35-32-29-26-23-20-17-14-13-15-18-21-24-27-30-33-38(42)4-2/h9-10,14-15,17-18,23-24,26-27,38-39,42H,3-8,11-13,16,19-22,25,28-37H2,1-2H3,(H2,45,46,47)/b10-9-,17-14-,18-15-,26-23-,27-24-/t38-,39-/m1/s1. The Bertz CT molecular complexity index is 1030. The Kier molecular flexibility index (Phi) is 34.5. The summed E-state index contributed by atoms with van der Waals surface area (Å²) in [5.74, 6) is -0.978. The highest BCUT2D eigenvalue weighted by Gasteiger charge is 2.22. The van der Waals surface area contributed by atoms with E-state index in [0.29, 0.717) is 19.3 Å². The van der Waals surface area contributed by atoms with Crippen molar-refractivity contribution in [2.24, 2.45) is 0 Å². The smallest absolute Gasteiger partial charge is 0.462 e. The number of rotatable bonds is 35. The number of aliphatic hydroxyl groups is 1. The van der Waals surface area contributed by atoms with Gasteiger partial charge in [-0.15, -0.1) is 0 Å². The molecule has 0 aliphatic heterocycles. The predicted molar refractivity (Wildman–Crippen MR) is 208 cm³/mol. The Balaban J connectivity index is 4.08. The van der Waals surface area contributed by atoms with Gasteiger partial charge in [0.2, 0.25) is 0 Å². The second kappa shape index (κ2) is 36.1. The Labute approximate surface area is 309 Å². The fourth-order valence-corrected chi connectivity index (χ4v) is 5.41. The van der Waals surface area contributed by atoms with Gasteiger partial charge in [-0.3, -0.25) is 14.1 Å². The molecule has 0 radical (unpaired) electrons. The fraction of sp³-hybridized carbons (Fsp3) is 0.707. The number of allylic oxidation sites excluding steroid dienone is 10. The number of esters is 2. The van der Waals surface area contributed by atoms with E-state index in [0.717, 1.165) is 64.2 Å². The summed E-state index contributed by atoms with van der Waals surface area (Å²) >= 11 is 0. The topological polar surface area (TPSA) is 140 Å². The molecule has 0 aromatic rings. The SMILES string of the molecule is CCCCCC/C=C\CCCCCCCCCC(=O)OC[C@H](COP(=O)(O)O)OC(=O)CCC/C=C\C/C=C\C/C=C\C/C=C\CC[C@H](O)CC. The Morgan fingerprint density at radius 1 is 0.588 bits per heavy atom. The highest BCUT2D eigenvalue weighted by atomic mass is 31.2. The number of unbranched alkanes of at least 4 members (excludes halogenated alkanes) is 12. The van der Waals surface area contributed by atoms with E-state index in [1.54, 1.807) is 0 Å². The minimum absolute atomic E-state index is 0.120. The highest BCUT2D eigenvalue weighted by molar-refractivity contribution is 7.46. The van der Waals surface area contributed by atoms with Gasteiger partial charge in [0.1, 0.15) is 6.61 Å². The summed E-state index contributed by atoms with van der Waals surface area (Å²) in [6, 6.07) is 0. The van der Waals surface area contributed by atoms with Crippen molar-refractivity contribution in [2.45, 2.75) is 174 Å². The minimum Gasteiger partial charge on any atom is -0.462 e. The molecular formula is C41H71O9P. The van der Waals surface area contributed by atoms with Crippen LogP contribution < -0.4 is 0 Å². The van der Waals surface area contributed by atoms with Crippen LogP contribution in [0.3, 0.4) is 0 Å². The van der Waals surface area contributed by atoms with Crippen molar-refractivity contribution in [3.8, 4) is 0 Å². The average molecular weight is 739 g/mol. The first-order valence-electron chi connectivity index (χ1n) is 19.7. The monoisotopic (exact) mass is 738 g/mol. The largest absolute Gasteiger partial charge is 0.469 e. The summed E-state index contributed by atoms with van der Waals surface area (Å²) in [5, 5.41) is 9.53. The first-order valence-corrected chi connectivity index (χ1v) is 21.2. The molecule has 3 N–H and O–H groups in total. The zero-order chi connectivity index (χ0) is 37.7. The molecule has 0 aromatic heterocycles. The minimum atomic E-state index is -4.78. The summed E-state index contributed by atoms with van der Waals surface area (Å²) in [4.78, 5) is 42.7. The summed E-state index contributed by atoms with van der Waals surface area (Å²) in [6.07, 6.45) is 41.7. The molecular weight excluding hydrogens is 667 g/mol. The van der Waals surface area contributed by atoms with E-state index in [2.05, 4.69) is 60.1 Å². The normalized spacial score (nSPS) is 13.7. The molecule has 0 heterocycles. The van der Waals surface area contributed by atoms with Gasteiger partial charge in [0.05, 0.1) is 12.7 Å². The molecule has 0 aliphatic rings. The maximum atomic E-state index is 12.4. The van der Waals surface area contributed by atoms with E-state index in [-0.39, 0.29) is 25.6 Å². The van der Waals surface area contributed by atoms with Gasteiger partial charge in [0.25, 0.3) is 0 Å². The van der Waals surface area contributed by atoms with Crippen molar-refractivity contribution >= 4 is 19.8 Å². The third-order valence-electron chi connectivity index (χ3n) is 8.17. The number of phosphoric acid groups is 1. The van der Waals surface area contributed by atoms with E-state index >= 15 is 0 Å². The van der Waals surface area contributed by atoms with Crippen LogP contribution in [0.5, 0.6) is 0 Å². The summed E-state index contributed by atoms with van der Waals surface area (Å²) in [5.41, 5.74) is 0. The lowest BCUT2D eigenvalue weighted by molar-refractivity contribution is -0.161. The molecule has 2 atom stereocenters. The van der Waals surface area contributed by atoms with Crippen molar-refractivity contribution < 1.29 is 43.0 Å².